The molecule has 0 N–H and O–H groups in total. The van der Waals surface area contributed by atoms with E-state index in [0.717, 1.165) is 16.1 Å². The third kappa shape index (κ3) is 2.59. The second-order valence-electron chi connectivity index (χ2n) is 2.59. The fourth-order valence-corrected chi connectivity index (χ4v) is 2.03. The average molecular weight is 271 g/mol. The van der Waals surface area contributed by atoms with Gasteiger partial charge in [-0.25, -0.2) is 0 Å². The molecule has 3 nitrogen and oxygen atoms in total. The van der Waals surface area contributed by atoms with Gasteiger partial charge >= 0.3 is 0 Å². The molecule has 5 heteroatoms. The molecule has 14 heavy (non-hydrogen) atoms. The lowest BCUT2D eigenvalue weighted by atomic mass is 10.5. The Morgan fingerprint density at radius 2 is 2.14 bits per heavy atom. The van der Waals surface area contributed by atoms with E-state index in [-0.39, 0.29) is 0 Å². The van der Waals surface area contributed by atoms with Crippen LogP contribution in [0.3, 0.4) is 0 Å². The van der Waals surface area contributed by atoms with Crippen molar-refractivity contribution in [3.8, 4) is 0 Å². The molecule has 0 bridgehead atoms. The van der Waals surface area contributed by atoms with E-state index >= 15 is 0 Å². The van der Waals surface area contributed by atoms with Gasteiger partial charge in [-0.3, -0.25) is 4.98 Å². The summed E-state index contributed by atoms with van der Waals surface area (Å²) in [6.07, 6.45) is 3.55. The molecule has 2 aromatic rings. The Morgan fingerprint density at radius 3 is 2.79 bits per heavy atom. The summed E-state index contributed by atoms with van der Waals surface area (Å²) in [6, 6.07) is 5.81. The van der Waals surface area contributed by atoms with Crippen molar-refractivity contribution < 1.29 is 4.52 Å². The lowest BCUT2D eigenvalue weighted by Crippen LogP contribution is -1.76. The molecule has 2 rings (SSSR count). The first-order valence-electron chi connectivity index (χ1n) is 3.98. The van der Waals surface area contributed by atoms with E-state index in [1.54, 1.807) is 24.2 Å². The van der Waals surface area contributed by atoms with Gasteiger partial charge in [-0.1, -0.05) is 5.16 Å². The van der Waals surface area contributed by atoms with Crippen LogP contribution in [-0.4, -0.2) is 10.1 Å². The Morgan fingerprint density at radius 1 is 1.36 bits per heavy atom. The highest BCUT2D eigenvalue weighted by atomic mass is 79.9. The summed E-state index contributed by atoms with van der Waals surface area (Å²) in [6.45, 7) is 0. The predicted octanol–water partition coefficient (Wildman–Crippen LogP) is 3.12. The summed E-state index contributed by atoms with van der Waals surface area (Å²) in [7, 11) is 0. The fourth-order valence-electron chi connectivity index (χ4n) is 0.945. The van der Waals surface area contributed by atoms with Crippen molar-refractivity contribution in [2.24, 2.45) is 0 Å². The van der Waals surface area contributed by atoms with Gasteiger partial charge in [-0.2, -0.15) is 0 Å². The molecule has 0 aliphatic carbocycles. The summed E-state index contributed by atoms with van der Waals surface area (Å²) in [5.74, 6) is 1.64. The molecule has 0 atom stereocenters. The van der Waals surface area contributed by atoms with Crippen LogP contribution in [0.25, 0.3) is 0 Å². The average Bonchev–Trinajstić information content (AvgIpc) is 2.63. The SMILES string of the molecule is Brc1cc(CSc2ccncc2)on1. The minimum absolute atomic E-state index is 0.739. The van der Waals surface area contributed by atoms with Crippen LogP contribution < -0.4 is 0 Å². The monoisotopic (exact) mass is 270 g/mol. The molecule has 72 valence electrons. The Hall–Kier alpha value is -0.810. The highest BCUT2D eigenvalue weighted by Crippen LogP contribution is 2.22. The van der Waals surface area contributed by atoms with Crippen LogP contribution in [0.1, 0.15) is 5.76 Å². The lowest BCUT2D eigenvalue weighted by Gasteiger charge is -1.96. The van der Waals surface area contributed by atoms with E-state index < -0.39 is 0 Å². The second kappa shape index (κ2) is 4.61. The van der Waals surface area contributed by atoms with Crippen molar-refractivity contribution in [2.75, 3.05) is 0 Å². The van der Waals surface area contributed by atoms with Crippen molar-refractivity contribution in [2.45, 2.75) is 10.6 Å². The van der Waals surface area contributed by atoms with Gasteiger partial charge in [0.05, 0.1) is 5.75 Å². The van der Waals surface area contributed by atoms with Crippen molar-refractivity contribution >= 4 is 27.7 Å². The molecule has 2 heterocycles. The number of halogens is 1. The van der Waals surface area contributed by atoms with Crippen LogP contribution in [0, 0.1) is 0 Å². The molecule has 0 aliphatic heterocycles. The molecule has 0 unspecified atom stereocenters. The zero-order chi connectivity index (χ0) is 9.80. The molecule has 0 saturated heterocycles. The molecule has 0 amide bonds. The highest BCUT2D eigenvalue weighted by molar-refractivity contribution is 9.10. The number of hydrogen-bond donors (Lipinski definition) is 0. The Kier molecular flexibility index (Phi) is 3.21. The van der Waals surface area contributed by atoms with Gasteiger partial charge in [0.15, 0.2) is 0 Å². The minimum Gasteiger partial charge on any atom is -0.359 e. The van der Waals surface area contributed by atoms with Crippen LogP contribution >= 0.6 is 27.7 Å². The first-order chi connectivity index (χ1) is 6.84. The fraction of sp³-hybridized carbons (Fsp3) is 0.111. The van der Waals surface area contributed by atoms with Crippen LogP contribution in [0.4, 0.5) is 0 Å². The Labute approximate surface area is 94.0 Å². The third-order valence-corrected chi connectivity index (χ3v) is 2.97. The van der Waals surface area contributed by atoms with Gasteiger partial charge in [-0.15, -0.1) is 11.8 Å². The van der Waals surface area contributed by atoms with Crippen molar-refractivity contribution in [3.05, 3.63) is 41.0 Å². The number of hydrogen-bond acceptors (Lipinski definition) is 4. The van der Waals surface area contributed by atoms with Gasteiger partial charge in [0.2, 0.25) is 0 Å². The van der Waals surface area contributed by atoms with E-state index in [0.29, 0.717) is 0 Å². The Bertz CT molecular complexity index is 404. The summed E-state index contributed by atoms with van der Waals surface area (Å²) in [4.78, 5) is 5.12. The van der Waals surface area contributed by atoms with Gasteiger partial charge < -0.3 is 4.52 Å². The van der Waals surface area contributed by atoms with E-state index in [4.69, 9.17) is 4.52 Å². The maximum absolute atomic E-state index is 5.05. The zero-order valence-electron chi connectivity index (χ0n) is 7.18. The quantitative estimate of drug-likeness (QED) is 0.804. The predicted molar refractivity (Wildman–Crippen MR) is 58.0 cm³/mol. The zero-order valence-corrected chi connectivity index (χ0v) is 9.59. The molecule has 0 aromatic carbocycles. The summed E-state index contributed by atoms with van der Waals surface area (Å²) in [5, 5.41) is 3.74. The standard InChI is InChI=1S/C9H7BrN2OS/c10-9-5-7(13-12-9)6-14-8-1-3-11-4-2-8/h1-5H,6H2. The first kappa shape index (κ1) is 9.73. The van der Waals surface area contributed by atoms with Gasteiger partial charge in [-0.05, 0) is 28.1 Å². The number of thioether (sulfide) groups is 1. The minimum atomic E-state index is 0.739. The molecule has 0 radical (unpaired) electrons. The van der Waals surface area contributed by atoms with Gasteiger partial charge in [0.1, 0.15) is 10.4 Å². The topological polar surface area (TPSA) is 38.9 Å². The van der Waals surface area contributed by atoms with E-state index in [9.17, 15) is 0 Å². The second-order valence-corrected chi connectivity index (χ2v) is 4.45. The van der Waals surface area contributed by atoms with E-state index in [2.05, 4.69) is 26.1 Å². The number of pyridine rings is 1. The largest absolute Gasteiger partial charge is 0.359 e. The van der Waals surface area contributed by atoms with Crippen LogP contribution in [0.15, 0.2) is 44.6 Å². The maximum Gasteiger partial charge on any atom is 0.149 e. The summed E-state index contributed by atoms with van der Waals surface area (Å²) < 4.78 is 5.79. The van der Waals surface area contributed by atoms with Gasteiger partial charge in [0, 0.05) is 23.4 Å². The molecular formula is C9H7BrN2OS. The highest BCUT2D eigenvalue weighted by Gasteiger charge is 2.01. The van der Waals surface area contributed by atoms with E-state index in [1.807, 2.05) is 18.2 Å². The number of aromatic nitrogens is 2. The molecule has 0 fully saturated rings. The molecule has 2 aromatic heterocycles. The normalized spacial score (nSPS) is 10.4. The lowest BCUT2D eigenvalue weighted by molar-refractivity contribution is 0.391. The molecule has 0 saturated carbocycles. The van der Waals surface area contributed by atoms with Crippen molar-refractivity contribution in [1.82, 2.24) is 10.1 Å². The van der Waals surface area contributed by atoms with Crippen LogP contribution in [0.2, 0.25) is 0 Å². The van der Waals surface area contributed by atoms with Crippen LogP contribution in [-0.2, 0) is 5.75 Å². The van der Waals surface area contributed by atoms with Gasteiger partial charge in [0.25, 0.3) is 0 Å². The Balaban J connectivity index is 1.95. The molecule has 0 aliphatic rings. The molecular weight excluding hydrogens is 264 g/mol. The van der Waals surface area contributed by atoms with E-state index in [1.165, 1.54) is 4.90 Å². The summed E-state index contributed by atoms with van der Waals surface area (Å²) >= 11 is 4.93. The van der Waals surface area contributed by atoms with Crippen molar-refractivity contribution in [1.29, 1.82) is 0 Å². The number of nitrogens with zero attached hydrogens (tertiary/aromatic N) is 2. The maximum atomic E-state index is 5.05. The summed E-state index contributed by atoms with van der Waals surface area (Å²) in [5.41, 5.74) is 0. The molecule has 0 spiro atoms. The third-order valence-electron chi connectivity index (χ3n) is 1.56. The van der Waals surface area contributed by atoms with Crippen LogP contribution in [0.5, 0.6) is 0 Å². The first-order valence-corrected chi connectivity index (χ1v) is 5.76. The smallest absolute Gasteiger partial charge is 0.149 e. The number of rotatable bonds is 3. The van der Waals surface area contributed by atoms with Crippen molar-refractivity contribution in [3.63, 3.8) is 0 Å².